The summed E-state index contributed by atoms with van der Waals surface area (Å²) in [7, 11) is 3.58. The van der Waals surface area contributed by atoms with Crippen LogP contribution in [-0.4, -0.2) is 35.4 Å². The Morgan fingerprint density at radius 3 is 2.74 bits per heavy atom. The van der Waals surface area contributed by atoms with Crippen molar-refractivity contribution in [3.8, 4) is 22.8 Å². The number of anilines is 1. The van der Waals surface area contributed by atoms with Gasteiger partial charge in [0.05, 0.1) is 23.1 Å². The Morgan fingerprint density at radius 1 is 1.19 bits per heavy atom. The van der Waals surface area contributed by atoms with Gasteiger partial charge in [0.15, 0.2) is 5.69 Å². The van der Waals surface area contributed by atoms with Crippen molar-refractivity contribution in [3.63, 3.8) is 0 Å². The Bertz CT molecular complexity index is 1110. The highest BCUT2D eigenvalue weighted by molar-refractivity contribution is 6.05. The number of amides is 1. The van der Waals surface area contributed by atoms with Crippen LogP contribution in [0.2, 0.25) is 0 Å². The quantitative estimate of drug-likeness (QED) is 0.597. The maximum Gasteiger partial charge on any atom is 0.278 e. The average Bonchev–Trinajstić information content (AvgIpc) is 3.34. The highest BCUT2D eigenvalue weighted by atomic mass is 16.4. The van der Waals surface area contributed by atoms with Crippen LogP contribution in [0.25, 0.3) is 22.8 Å². The predicted octanol–water partition coefficient (Wildman–Crippen LogP) is 2.43. The predicted molar refractivity (Wildman–Crippen MR) is 97.8 cm³/mol. The van der Waals surface area contributed by atoms with Gasteiger partial charge in [0.25, 0.3) is 5.91 Å². The Kier molecular flexibility index (Phi) is 4.03. The lowest BCUT2D eigenvalue weighted by Crippen LogP contribution is -2.13. The van der Waals surface area contributed by atoms with E-state index in [0.717, 1.165) is 0 Å². The standard InChI is InChI=1S/C18H17N7O2/c1-11-15(22-18(27-11)12-8-20-24(2)9-12)17(26)21-14-10-25(3)23-16(14)13-6-4-5-7-19-13/h4-10H,1-3H3,(H,21,26). The van der Waals surface area contributed by atoms with Crippen LogP contribution in [0, 0.1) is 6.92 Å². The van der Waals surface area contributed by atoms with Crippen molar-refractivity contribution >= 4 is 11.6 Å². The van der Waals surface area contributed by atoms with E-state index in [2.05, 4.69) is 25.5 Å². The molecule has 0 aliphatic heterocycles. The summed E-state index contributed by atoms with van der Waals surface area (Å²) in [5.41, 5.74) is 2.72. The van der Waals surface area contributed by atoms with E-state index in [1.54, 1.807) is 55.2 Å². The van der Waals surface area contributed by atoms with Crippen LogP contribution in [0.4, 0.5) is 5.69 Å². The van der Waals surface area contributed by atoms with E-state index in [9.17, 15) is 4.79 Å². The van der Waals surface area contributed by atoms with Gasteiger partial charge in [0, 0.05) is 32.7 Å². The first-order valence-corrected chi connectivity index (χ1v) is 8.24. The number of aromatic nitrogens is 6. The monoisotopic (exact) mass is 363 g/mol. The molecule has 0 atom stereocenters. The van der Waals surface area contributed by atoms with Crippen LogP contribution in [-0.2, 0) is 14.1 Å². The number of pyridine rings is 1. The molecule has 1 amide bonds. The zero-order valence-electron chi connectivity index (χ0n) is 15.0. The largest absolute Gasteiger partial charge is 0.440 e. The van der Waals surface area contributed by atoms with E-state index in [-0.39, 0.29) is 11.6 Å². The zero-order chi connectivity index (χ0) is 19.0. The number of aryl methyl sites for hydroxylation is 3. The van der Waals surface area contributed by atoms with Crippen molar-refractivity contribution in [2.45, 2.75) is 6.92 Å². The smallest absolute Gasteiger partial charge is 0.278 e. The fraction of sp³-hybridized carbons (Fsp3) is 0.167. The third-order valence-corrected chi connectivity index (χ3v) is 3.95. The van der Waals surface area contributed by atoms with Crippen molar-refractivity contribution in [2.24, 2.45) is 14.1 Å². The van der Waals surface area contributed by atoms with E-state index in [4.69, 9.17) is 4.42 Å². The second kappa shape index (κ2) is 6.52. The van der Waals surface area contributed by atoms with Crippen LogP contribution >= 0.6 is 0 Å². The van der Waals surface area contributed by atoms with Gasteiger partial charge in [-0.1, -0.05) is 6.07 Å². The summed E-state index contributed by atoms with van der Waals surface area (Å²) in [5.74, 6) is 0.396. The maximum absolute atomic E-state index is 12.8. The summed E-state index contributed by atoms with van der Waals surface area (Å²) in [6, 6.07) is 5.52. The Labute approximate surface area is 154 Å². The molecule has 4 heterocycles. The molecule has 0 radical (unpaired) electrons. The Balaban J connectivity index is 1.63. The normalized spacial score (nSPS) is 10.9. The highest BCUT2D eigenvalue weighted by Crippen LogP contribution is 2.26. The van der Waals surface area contributed by atoms with Crippen molar-refractivity contribution in [2.75, 3.05) is 5.32 Å². The number of rotatable bonds is 4. The SMILES string of the molecule is Cc1oc(-c2cnn(C)c2)nc1C(=O)Nc1cn(C)nc1-c1ccccn1. The summed E-state index contributed by atoms with van der Waals surface area (Å²) in [6.07, 6.45) is 6.80. The molecule has 4 aromatic rings. The third kappa shape index (κ3) is 3.22. The molecule has 0 saturated heterocycles. The first-order chi connectivity index (χ1) is 13.0. The number of oxazole rings is 1. The molecule has 0 unspecified atom stereocenters. The number of nitrogens with zero attached hydrogens (tertiary/aromatic N) is 6. The van der Waals surface area contributed by atoms with Crippen molar-refractivity contribution in [1.29, 1.82) is 0 Å². The molecular formula is C18H17N7O2. The Morgan fingerprint density at radius 2 is 2.04 bits per heavy atom. The van der Waals surface area contributed by atoms with Crippen LogP contribution in [0.5, 0.6) is 0 Å². The molecule has 4 aromatic heterocycles. The first-order valence-electron chi connectivity index (χ1n) is 8.24. The van der Waals surface area contributed by atoms with Gasteiger partial charge in [-0.2, -0.15) is 10.2 Å². The molecule has 1 N–H and O–H groups in total. The molecule has 27 heavy (non-hydrogen) atoms. The molecule has 0 fully saturated rings. The highest BCUT2D eigenvalue weighted by Gasteiger charge is 2.21. The van der Waals surface area contributed by atoms with E-state index >= 15 is 0 Å². The summed E-state index contributed by atoms with van der Waals surface area (Å²) < 4.78 is 8.90. The summed E-state index contributed by atoms with van der Waals surface area (Å²) in [5, 5.41) is 11.3. The molecule has 0 bridgehead atoms. The molecule has 0 aliphatic rings. The van der Waals surface area contributed by atoms with Gasteiger partial charge in [0.2, 0.25) is 5.89 Å². The average molecular weight is 363 g/mol. The molecule has 4 rings (SSSR count). The third-order valence-electron chi connectivity index (χ3n) is 3.95. The van der Waals surface area contributed by atoms with Gasteiger partial charge in [-0.3, -0.25) is 19.1 Å². The molecule has 136 valence electrons. The number of carbonyl (C=O) groups is 1. The van der Waals surface area contributed by atoms with Crippen LogP contribution in [0.1, 0.15) is 16.2 Å². The summed E-state index contributed by atoms with van der Waals surface area (Å²) in [4.78, 5) is 21.4. The van der Waals surface area contributed by atoms with Gasteiger partial charge in [-0.05, 0) is 19.1 Å². The van der Waals surface area contributed by atoms with E-state index < -0.39 is 0 Å². The fourth-order valence-electron chi connectivity index (χ4n) is 2.72. The van der Waals surface area contributed by atoms with Gasteiger partial charge in [-0.15, -0.1) is 0 Å². The van der Waals surface area contributed by atoms with Crippen LogP contribution in [0.15, 0.2) is 47.4 Å². The van der Waals surface area contributed by atoms with E-state index in [1.807, 2.05) is 18.2 Å². The molecule has 0 spiro atoms. The maximum atomic E-state index is 12.8. The van der Waals surface area contributed by atoms with Crippen molar-refractivity contribution < 1.29 is 9.21 Å². The Hall–Kier alpha value is -3.75. The van der Waals surface area contributed by atoms with Crippen molar-refractivity contribution in [3.05, 3.63) is 54.4 Å². The second-order valence-corrected chi connectivity index (χ2v) is 6.06. The van der Waals surface area contributed by atoms with E-state index in [1.165, 1.54) is 0 Å². The van der Waals surface area contributed by atoms with E-state index in [0.29, 0.717) is 34.3 Å². The molecule has 9 heteroatoms. The second-order valence-electron chi connectivity index (χ2n) is 6.06. The molecule has 0 aromatic carbocycles. The van der Waals surface area contributed by atoms with Crippen LogP contribution in [0.3, 0.4) is 0 Å². The number of hydrogen-bond donors (Lipinski definition) is 1. The number of carbonyl (C=O) groups excluding carboxylic acids is 1. The van der Waals surface area contributed by atoms with Crippen molar-refractivity contribution in [1.82, 2.24) is 29.5 Å². The van der Waals surface area contributed by atoms with Gasteiger partial charge >= 0.3 is 0 Å². The van der Waals surface area contributed by atoms with Gasteiger partial charge in [0.1, 0.15) is 11.5 Å². The summed E-state index contributed by atoms with van der Waals surface area (Å²) >= 11 is 0. The molecule has 0 aliphatic carbocycles. The fourth-order valence-corrected chi connectivity index (χ4v) is 2.72. The van der Waals surface area contributed by atoms with Crippen LogP contribution < -0.4 is 5.32 Å². The lowest BCUT2D eigenvalue weighted by molar-refractivity contribution is 0.102. The van der Waals surface area contributed by atoms with Gasteiger partial charge in [-0.25, -0.2) is 4.98 Å². The molecule has 0 saturated carbocycles. The topological polar surface area (TPSA) is 104 Å². The minimum absolute atomic E-state index is 0.213. The number of nitrogens with one attached hydrogen (secondary N) is 1. The minimum Gasteiger partial charge on any atom is -0.440 e. The minimum atomic E-state index is -0.378. The molecular weight excluding hydrogens is 346 g/mol. The lowest BCUT2D eigenvalue weighted by atomic mass is 10.2. The number of hydrogen-bond acceptors (Lipinski definition) is 6. The zero-order valence-corrected chi connectivity index (χ0v) is 15.0. The van der Waals surface area contributed by atoms with Gasteiger partial charge < -0.3 is 9.73 Å². The molecule has 9 nitrogen and oxygen atoms in total. The first kappa shape index (κ1) is 16.7. The summed E-state index contributed by atoms with van der Waals surface area (Å²) in [6.45, 7) is 1.70. The lowest BCUT2D eigenvalue weighted by Gasteiger charge is -2.03.